The van der Waals surface area contributed by atoms with Crippen LogP contribution in [0.15, 0.2) is 0 Å². The second-order valence-electron chi connectivity index (χ2n) is 4.96. The maximum atomic E-state index is 9.32. The molecule has 0 radical (unpaired) electrons. The molecule has 0 saturated heterocycles. The van der Waals surface area contributed by atoms with E-state index < -0.39 is 0 Å². The van der Waals surface area contributed by atoms with Crippen molar-refractivity contribution in [3.05, 3.63) is 0 Å². The van der Waals surface area contributed by atoms with Crippen LogP contribution in [-0.2, 0) is 14.2 Å². The fourth-order valence-corrected chi connectivity index (χ4v) is 2.33. The summed E-state index contributed by atoms with van der Waals surface area (Å²) in [5, 5.41) is 12.7. The second-order valence-corrected chi connectivity index (χ2v) is 4.96. The first kappa shape index (κ1) is 16.4. The van der Waals surface area contributed by atoms with Crippen LogP contribution in [0, 0.1) is 11.3 Å². The molecule has 0 bridgehead atoms. The van der Waals surface area contributed by atoms with Crippen LogP contribution >= 0.6 is 0 Å². The van der Waals surface area contributed by atoms with Gasteiger partial charge in [-0.05, 0) is 25.8 Å². The molecule has 5 nitrogen and oxygen atoms in total. The zero-order chi connectivity index (χ0) is 14.0. The van der Waals surface area contributed by atoms with Gasteiger partial charge < -0.3 is 14.2 Å². The first-order valence-corrected chi connectivity index (χ1v) is 7.11. The van der Waals surface area contributed by atoms with Gasteiger partial charge in [0.1, 0.15) is 5.54 Å². The molecule has 0 heterocycles. The number of nitrogens with one attached hydrogen (secondary N) is 1. The Morgan fingerprint density at radius 1 is 1.32 bits per heavy atom. The molecule has 0 spiro atoms. The van der Waals surface area contributed by atoms with E-state index in [0.29, 0.717) is 26.4 Å². The van der Waals surface area contributed by atoms with Gasteiger partial charge in [0.15, 0.2) is 0 Å². The molecule has 2 atom stereocenters. The van der Waals surface area contributed by atoms with Gasteiger partial charge in [-0.3, -0.25) is 5.32 Å². The molecule has 1 fully saturated rings. The number of hydrogen-bond acceptors (Lipinski definition) is 5. The normalized spacial score (nSPS) is 26.5. The minimum atomic E-state index is -0.377. The Labute approximate surface area is 116 Å². The highest BCUT2D eigenvalue weighted by Gasteiger charge is 2.39. The molecule has 0 aromatic carbocycles. The first-order chi connectivity index (χ1) is 9.26. The van der Waals surface area contributed by atoms with Gasteiger partial charge in [0, 0.05) is 13.5 Å². The fourth-order valence-electron chi connectivity index (χ4n) is 2.33. The Kier molecular flexibility index (Phi) is 7.99. The van der Waals surface area contributed by atoms with Crippen molar-refractivity contribution in [2.45, 2.75) is 44.2 Å². The lowest BCUT2D eigenvalue weighted by Crippen LogP contribution is -2.42. The molecule has 5 heteroatoms. The van der Waals surface area contributed by atoms with Crippen molar-refractivity contribution in [3.8, 4) is 6.07 Å². The Morgan fingerprint density at radius 3 is 2.79 bits per heavy atom. The molecule has 110 valence electrons. The molecule has 1 saturated carbocycles. The van der Waals surface area contributed by atoms with E-state index in [1.54, 1.807) is 7.11 Å². The van der Waals surface area contributed by atoms with Crippen molar-refractivity contribution in [1.29, 1.82) is 5.26 Å². The summed E-state index contributed by atoms with van der Waals surface area (Å²) in [4.78, 5) is 0. The van der Waals surface area contributed by atoms with E-state index in [1.807, 2.05) is 0 Å². The summed E-state index contributed by atoms with van der Waals surface area (Å²) in [5.74, 6) is 0. The van der Waals surface area contributed by atoms with E-state index in [2.05, 4.69) is 18.3 Å². The lowest BCUT2D eigenvalue weighted by molar-refractivity contribution is -0.00529. The third-order valence-corrected chi connectivity index (χ3v) is 3.41. The van der Waals surface area contributed by atoms with Gasteiger partial charge in [-0.15, -0.1) is 0 Å². The Morgan fingerprint density at radius 2 is 2.11 bits per heavy atom. The number of hydrogen-bond donors (Lipinski definition) is 1. The van der Waals surface area contributed by atoms with E-state index in [9.17, 15) is 5.26 Å². The summed E-state index contributed by atoms with van der Waals surface area (Å²) >= 11 is 0. The van der Waals surface area contributed by atoms with E-state index in [0.717, 1.165) is 32.2 Å². The van der Waals surface area contributed by atoms with Gasteiger partial charge in [-0.1, -0.05) is 6.92 Å². The number of nitriles is 1. The minimum absolute atomic E-state index is 0.176. The SMILES string of the molecule is CCCNC1(C#N)CCC(OCCOCCOC)C1. The highest BCUT2D eigenvalue weighted by atomic mass is 16.5. The smallest absolute Gasteiger partial charge is 0.109 e. The minimum Gasteiger partial charge on any atom is -0.382 e. The van der Waals surface area contributed by atoms with Crippen LogP contribution in [0.1, 0.15) is 32.6 Å². The van der Waals surface area contributed by atoms with E-state index >= 15 is 0 Å². The fraction of sp³-hybridized carbons (Fsp3) is 0.929. The van der Waals surface area contributed by atoms with E-state index in [4.69, 9.17) is 14.2 Å². The van der Waals surface area contributed by atoms with Crippen molar-refractivity contribution in [3.63, 3.8) is 0 Å². The summed E-state index contributed by atoms with van der Waals surface area (Å²) in [7, 11) is 1.66. The van der Waals surface area contributed by atoms with Crippen LogP contribution < -0.4 is 5.32 Å². The maximum absolute atomic E-state index is 9.32. The lowest BCUT2D eigenvalue weighted by Gasteiger charge is -2.22. The monoisotopic (exact) mass is 270 g/mol. The molecule has 1 aliphatic carbocycles. The van der Waals surface area contributed by atoms with E-state index in [-0.39, 0.29) is 11.6 Å². The molecule has 0 amide bonds. The Bertz CT molecular complexity index is 280. The standard InChI is InChI=1S/C14H26N2O3/c1-3-6-16-14(12-15)5-4-13(11-14)19-10-9-18-8-7-17-2/h13,16H,3-11H2,1-2H3. The van der Waals surface area contributed by atoms with Crippen molar-refractivity contribution < 1.29 is 14.2 Å². The van der Waals surface area contributed by atoms with Crippen LogP contribution in [0.25, 0.3) is 0 Å². The molecule has 0 aromatic rings. The maximum Gasteiger partial charge on any atom is 0.109 e. The number of methoxy groups -OCH3 is 1. The van der Waals surface area contributed by atoms with Gasteiger partial charge >= 0.3 is 0 Å². The van der Waals surface area contributed by atoms with Crippen molar-refractivity contribution >= 4 is 0 Å². The summed E-state index contributed by atoms with van der Waals surface area (Å²) in [6.07, 6.45) is 3.82. The highest BCUT2D eigenvalue weighted by Crippen LogP contribution is 2.31. The predicted molar refractivity (Wildman–Crippen MR) is 72.9 cm³/mol. The average molecular weight is 270 g/mol. The molecule has 0 aromatic heterocycles. The molecule has 1 rings (SSSR count). The summed E-state index contributed by atoms with van der Waals surface area (Å²) < 4.78 is 16.0. The summed E-state index contributed by atoms with van der Waals surface area (Å²) in [5.41, 5.74) is -0.377. The van der Waals surface area contributed by atoms with Crippen molar-refractivity contribution in [2.24, 2.45) is 0 Å². The Hall–Kier alpha value is -0.670. The van der Waals surface area contributed by atoms with E-state index in [1.165, 1.54) is 0 Å². The van der Waals surface area contributed by atoms with Gasteiger partial charge in [-0.25, -0.2) is 0 Å². The van der Waals surface area contributed by atoms with Crippen LogP contribution in [0.2, 0.25) is 0 Å². The highest BCUT2D eigenvalue weighted by molar-refractivity contribution is 5.12. The van der Waals surface area contributed by atoms with Crippen molar-refractivity contribution in [2.75, 3.05) is 40.1 Å². The second kappa shape index (κ2) is 9.27. The first-order valence-electron chi connectivity index (χ1n) is 7.11. The summed E-state index contributed by atoms with van der Waals surface area (Å²) in [6.45, 7) is 5.39. The zero-order valence-electron chi connectivity index (χ0n) is 12.1. The lowest BCUT2D eigenvalue weighted by atomic mass is 9.99. The van der Waals surface area contributed by atoms with Gasteiger partial charge in [-0.2, -0.15) is 5.26 Å². The van der Waals surface area contributed by atoms with Gasteiger partial charge in [0.05, 0.1) is 38.6 Å². The third kappa shape index (κ3) is 5.87. The number of rotatable bonds is 10. The topological polar surface area (TPSA) is 63.5 Å². The van der Waals surface area contributed by atoms with Crippen LogP contribution in [-0.4, -0.2) is 51.7 Å². The molecule has 0 aliphatic heterocycles. The largest absolute Gasteiger partial charge is 0.382 e. The molecular weight excluding hydrogens is 244 g/mol. The molecular formula is C14H26N2O3. The van der Waals surface area contributed by atoms with Gasteiger partial charge in [0.25, 0.3) is 0 Å². The van der Waals surface area contributed by atoms with Crippen LogP contribution in [0.5, 0.6) is 0 Å². The average Bonchev–Trinajstić information content (AvgIpc) is 2.85. The summed E-state index contributed by atoms with van der Waals surface area (Å²) in [6, 6.07) is 2.42. The zero-order valence-corrected chi connectivity index (χ0v) is 12.1. The van der Waals surface area contributed by atoms with Crippen LogP contribution in [0.3, 0.4) is 0 Å². The molecule has 2 unspecified atom stereocenters. The number of ether oxygens (including phenoxy) is 3. The van der Waals surface area contributed by atoms with Crippen molar-refractivity contribution in [1.82, 2.24) is 5.32 Å². The third-order valence-electron chi connectivity index (χ3n) is 3.41. The molecule has 1 N–H and O–H groups in total. The predicted octanol–water partition coefficient (Wildman–Crippen LogP) is 1.48. The molecule has 19 heavy (non-hydrogen) atoms. The quantitative estimate of drug-likeness (QED) is 0.609. The number of nitrogens with zero attached hydrogens (tertiary/aromatic N) is 1. The molecule has 1 aliphatic rings. The van der Waals surface area contributed by atoms with Gasteiger partial charge in [0.2, 0.25) is 0 Å². The van der Waals surface area contributed by atoms with Crippen LogP contribution in [0.4, 0.5) is 0 Å². The Balaban J connectivity index is 2.15.